The molecule has 1 N–H and O–H groups in total. The predicted octanol–water partition coefficient (Wildman–Crippen LogP) is -0.0368. The highest BCUT2D eigenvalue weighted by molar-refractivity contribution is 6.02. The molecule has 2 aliphatic heterocycles. The third-order valence-corrected chi connectivity index (χ3v) is 2.90. The third kappa shape index (κ3) is 1.37. The van der Waals surface area contributed by atoms with Crippen LogP contribution in [-0.4, -0.2) is 42.6 Å². The SMILES string of the molecule is CCC1COCC1N1C(=O)CNC1=O. The van der Waals surface area contributed by atoms with E-state index in [1.165, 1.54) is 4.90 Å². The number of nitrogens with zero attached hydrogens (tertiary/aromatic N) is 1. The van der Waals surface area contributed by atoms with Crippen molar-refractivity contribution in [2.24, 2.45) is 5.92 Å². The molecule has 3 amide bonds. The summed E-state index contributed by atoms with van der Waals surface area (Å²) in [5, 5.41) is 2.52. The quantitative estimate of drug-likeness (QED) is 0.633. The second-order valence-corrected chi connectivity index (χ2v) is 3.70. The van der Waals surface area contributed by atoms with E-state index in [2.05, 4.69) is 5.32 Å². The molecule has 2 unspecified atom stereocenters. The second kappa shape index (κ2) is 3.57. The number of nitrogens with one attached hydrogen (secondary N) is 1. The normalized spacial score (nSPS) is 32.5. The smallest absolute Gasteiger partial charge is 0.324 e. The molecule has 2 fully saturated rings. The van der Waals surface area contributed by atoms with Crippen LogP contribution in [0.15, 0.2) is 0 Å². The molecule has 2 heterocycles. The van der Waals surface area contributed by atoms with E-state index in [1.54, 1.807) is 0 Å². The number of rotatable bonds is 2. The fraction of sp³-hybridized carbons (Fsp3) is 0.778. The summed E-state index contributed by atoms with van der Waals surface area (Å²) in [6, 6.07) is -0.334. The van der Waals surface area contributed by atoms with Gasteiger partial charge in [-0.25, -0.2) is 4.79 Å². The number of carbonyl (C=O) groups excluding carboxylic acids is 2. The highest BCUT2D eigenvalue weighted by Gasteiger charge is 2.41. The largest absolute Gasteiger partial charge is 0.379 e. The summed E-state index contributed by atoms with van der Waals surface area (Å²) in [5.41, 5.74) is 0. The number of hydrogen-bond donors (Lipinski definition) is 1. The Labute approximate surface area is 82.4 Å². The van der Waals surface area contributed by atoms with Crippen LogP contribution in [0.1, 0.15) is 13.3 Å². The molecule has 0 aromatic carbocycles. The van der Waals surface area contributed by atoms with Crippen LogP contribution < -0.4 is 5.32 Å². The minimum absolute atomic E-state index is 0.0602. The molecule has 0 radical (unpaired) electrons. The lowest BCUT2D eigenvalue weighted by Crippen LogP contribution is -2.44. The van der Waals surface area contributed by atoms with E-state index < -0.39 is 0 Å². The van der Waals surface area contributed by atoms with Gasteiger partial charge in [0.25, 0.3) is 0 Å². The molecule has 0 aromatic heterocycles. The molecule has 0 aromatic rings. The molecule has 2 atom stereocenters. The van der Waals surface area contributed by atoms with Gasteiger partial charge < -0.3 is 10.1 Å². The molecular weight excluding hydrogens is 184 g/mol. The summed E-state index contributed by atoms with van der Waals surface area (Å²) in [6.45, 7) is 3.31. The summed E-state index contributed by atoms with van der Waals surface area (Å²) >= 11 is 0. The van der Waals surface area contributed by atoms with Gasteiger partial charge in [-0.05, 0) is 6.42 Å². The zero-order valence-corrected chi connectivity index (χ0v) is 8.16. The van der Waals surface area contributed by atoms with E-state index in [1.807, 2.05) is 6.92 Å². The Bertz CT molecular complexity index is 251. The molecule has 0 aliphatic carbocycles. The van der Waals surface area contributed by atoms with Crippen molar-refractivity contribution in [1.82, 2.24) is 10.2 Å². The van der Waals surface area contributed by atoms with Crippen molar-refractivity contribution in [3.63, 3.8) is 0 Å². The molecule has 2 aliphatic rings. The molecule has 0 spiro atoms. The maximum atomic E-state index is 11.4. The van der Waals surface area contributed by atoms with Crippen LogP contribution in [0.2, 0.25) is 0 Å². The minimum atomic E-state index is -0.274. The van der Waals surface area contributed by atoms with E-state index in [4.69, 9.17) is 4.74 Å². The Morgan fingerprint density at radius 1 is 1.50 bits per heavy atom. The topological polar surface area (TPSA) is 58.6 Å². The van der Waals surface area contributed by atoms with Crippen molar-refractivity contribution >= 4 is 11.9 Å². The first-order valence-corrected chi connectivity index (χ1v) is 4.91. The lowest BCUT2D eigenvalue weighted by molar-refractivity contribution is -0.127. The number of hydrogen-bond acceptors (Lipinski definition) is 3. The number of imide groups is 1. The van der Waals surface area contributed by atoms with E-state index >= 15 is 0 Å². The van der Waals surface area contributed by atoms with Gasteiger partial charge in [-0.2, -0.15) is 0 Å². The molecular formula is C9H14N2O3. The van der Waals surface area contributed by atoms with Crippen LogP contribution in [0, 0.1) is 5.92 Å². The van der Waals surface area contributed by atoms with Crippen molar-refractivity contribution in [1.29, 1.82) is 0 Å². The van der Waals surface area contributed by atoms with Gasteiger partial charge in [0.2, 0.25) is 5.91 Å². The number of amides is 3. The Morgan fingerprint density at radius 3 is 2.86 bits per heavy atom. The van der Waals surface area contributed by atoms with Gasteiger partial charge in [0.1, 0.15) is 0 Å². The molecule has 5 heteroatoms. The molecule has 0 saturated carbocycles. The zero-order valence-electron chi connectivity index (χ0n) is 8.16. The molecule has 5 nitrogen and oxygen atoms in total. The first-order valence-electron chi connectivity index (χ1n) is 4.91. The van der Waals surface area contributed by atoms with Crippen LogP contribution >= 0.6 is 0 Å². The zero-order chi connectivity index (χ0) is 10.1. The van der Waals surface area contributed by atoms with E-state index in [0.717, 1.165) is 6.42 Å². The van der Waals surface area contributed by atoms with Gasteiger partial charge in [0.05, 0.1) is 25.8 Å². The Hall–Kier alpha value is -1.10. The Kier molecular flexibility index (Phi) is 2.41. The lowest BCUT2D eigenvalue weighted by atomic mass is 10.00. The average Bonchev–Trinajstić information content (AvgIpc) is 2.73. The first kappa shape index (κ1) is 9.45. The van der Waals surface area contributed by atoms with Crippen molar-refractivity contribution in [2.45, 2.75) is 19.4 Å². The summed E-state index contributed by atoms with van der Waals surface area (Å²) in [4.78, 5) is 24.1. The van der Waals surface area contributed by atoms with Crippen molar-refractivity contribution in [3.8, 4) is 0 Å². The van der Waals surface area contributed by atoms with Crippen LogP contribution in [0.5, 0.6) is 0 Å². The molecule has 2 saturated heterocycles. The maximum absolute atomic E-state index is 11.4. The number of urea groups is 1. The van der Waals surface area contributed by atoms with Crippen LogP contribution in [-0.2, 0) is 9.53 Å². The molecule has 0 bridgehead atoms. The summed E-state index contributed by atoms with van der Waals surface area (Å²) < 4.78 is 5.30. The van der Waals surface area contributed by atoms with Gasteiger partial charge in [-0.1, -0.05) is 6.92 Å². The van der Waals surface area contributed by atoms with Gasteiger partial charge in [0, 0.05) is 5.92 Å². The molecule has 2 rings (SSSR count). The fourth-order valence-corrected chi connectivity index (χ4v) is 2.03. The lowest BCUT2D eigenvalue weighted by Gasteiger charge is -2.24. The van der Waals surface area contributed by atoms with E-state index in [-0.39, 0.29) is 24.5 Å². The Balaban J connectivity index is 2.13. The molecule has 14 heavy (non-hydrogen) atoms. The van der Waals surface area contributed by atoms with Crippen molar-refractivity contribution in [2.75, 3.05) is 19.8 Å². The van der Waals surface area contributed by atoms with Gasteiger partial charge >= 0.3 is 6.03 Å². The standard InChI is InChI=1S/C9H14N2O3/c1-2-6-4-14-5-7(6)11-8(12)3-10-9(11)13/h6-7H,2-5H2,1H3,(H,10,13). The monoisotopic (exact) mass is 198 g/mol. The summed E-state index contributed by atoms with van der Waals surface area (Å²) in [5.74, 6) is 0.159. The van der Waals surface area contributed by atoms with Gasteiger partial charge in [-0.3, -0.25) is 9.69 Å². The van der Waals surface area contributed by atoms with Gasteiger partial charge in [-0.15, -0.1) is 0 Å². The highest BCUT2D eigenvalue weighted by atomic mass is 16.5. The summed E-state index contributed by atoms with van der Waals surface area (Å²) in [6.07, 6.45) is 0.932. The summed E-state index contributed by atoms with van der Waals surface area (Å²) in [7, 11) is 0. The number of ether oxygens (including phenoxy) is 1. The van der Waals surface area contributed by atoms with Gasteiger partial charge in [0.15, 0.2) is 0 Å². The van der Waals surface area contributed by atoms with Crippen molar-refractivity contribution < 1.29 is 14.3 Å². The van der Waals surface area contributed by atoms with E-state index in [0.29, 0.717) is 19.1 Å². The van der Waals surface area contributed by atoms with E-state index in [9.17, 15) is 9.59 Å². The highest BCUT2D eigenvalue weighted by Crippen LogP contribution is 2.23. The third-order valence-electron chi connectivity index (χ3n) is 2.90. The predicted molar refractivity (Wildman–Crippen MR) is 48.6 cm³/mol. The van der Waals surface area contributed by atoms with Crippen LogP contribution in [0.25, 0.3) is 0 Å². The molecule has 78 valence electrons. The average molecular weight is 198 g/mol. The number of carbonyl (C=O) groups is 2. The first-order chi connectivity index (χ1) is 6.74. The fourth-order valence-electron chi connectivity index (χ4n) is 2.03. The van der Waals surface area contributed by atoms with Crippen LogP contribution in [0.3, 0.4) is 0 Å². The minimum Gasteiger partial charge on any atom is -0.379 e. The second-order valence-electron chi connectivity index (χ2n) is 3.70. The Morgan fingerprint density at radius 2 is 2.29 bits per heavy atom. The van der Waals surface area contributed by atoms with Crippen LogP contribution in [0.4, 0.5) is 4.79 Å². The van der Waals surface area contributed by atoms with Crippen molar-refractivity contribution in [3.05, 3.63) is 0 Å². The maximum Gasteiger partial charge on any atom is 0.324 e.